The van der Waals surface area contributed by atoms with Gasteiger partial charge in [0.05, 0.1) is 6.21 Å². The number of nitrogens with zero attached hydrogens (tertiary/aromatic N) is 1. The van der Waals surface area contributed by atoms with Crippen LogP contribution in [0.1, 0.15) is 34.8 Å². The van der Waals surface area contributed by atoms with Gasteiger partial charge in [0, 0.05) is 17.7 Å². The van der Waals surface area contributed by atoms with E-state index < -0.39 is 0 Å². The Kier molecular flexibility index (Phi) is 7.33. The molecule has 0 unspecified atom stereocenters. The van der Waals surface area contributed by atoms with Gasteiger partial charge in [0.2, 0.25) is 5.91 Å². The van der Waals surface area contributed by atoms with Crippen LogP contribution in [0.3, 0.4) is 0 Å². The highest BCUT2D eigenvalue weighted by atomic mass is 16.5. The monoisotopic (exact) mass is 401 g/mol. The number of benzene rings is 3. The number of amides is 2. The third kappa shape index (κ3) is 6.31. The number of hydrogen-bond acceptors (Lipinski definition) is 4. The lowest BCUT2D eigenvalue weighted by atomic mass is 10.2. The summed E-state index contributed by atoms with van der Waals surface area (Å²) in [5.74, 6) is 0.353. The van der Waals surface area contributed by atoms with Gasteiger partial charge in [0.25, 0.3) is 5.91 Å². The van der Waals surface area contributed by atoms with E-state index in [1.807, 2.05) is 54.6 Å². The first-order chi connectivity index (χ1) is 14.6. The summed E-state index contributed by atoms with van der Waals surface area (Å²) >= 11 is 0. The molecule has 0 heterocycles. The van der Waals surface area contributed by atoms with Crippen molar-refractivity contribution in [3.63, 3.8) is 0 Å². The van der Waals surface area contributed by atoms with Crippen molar-refractivity contribution in [1.29, 1.82) is 0 Å². The van der Waals surface area contributed by atoms with E-state index in [0.29, 0.717) is 24.3 Å². The quantitative estimate of drug-likeness (QED) is 0.434. The lowest BCUT2D eigenvalue weighted by Crippen LogP contribution is -2.17. The Morgan fingerprint density at radius 3 is 2.30 bits per heavy atom. The summed E-state index contributed by atoms with van der Waals surface area (Å²) in [5.41, 5.74) is 5.53. The van der Waals surface area contributed by atoms with Crippen molar-refractivity contribution in [1.82, 2.24) is 5.43 Å². The molecule has 3 aromatic rings. The van der Waals surface area contributed by atoms with Gasteiger partial charge in [0.1, 0.15) is 12.4 Å². The van der Waals surface area contributed by atoms with Crippen molar-refractivity contribution in [2.45, 2.75) is 20.0 Å². The van der Waals surface area contributed by atoms with Gasteiger partial charge in [0.15, 0.2) is 0 Å². The third-order valence-electron chi connectivity index (χ3n) is 4.26. The lowest BCUT2D eigenvalue weighted by molar-refractivity contribution is -0.115. The van der Waals surface area contributed by atoms with Crippen molar-refractivity contribution in [3.8, 4) is 5.75 Å². The SMILES string of the molecule is CCC(=O)Nc1ccc(C(=O)N/N=C/c2ccc(OCc3ccccc3)cc2)cc1. The molecule has 0 spiro atoms. The summed E-state index contributed by atoms with van der Waals surface area (Å²) in [6.45, 7) is 2.28. The average Bonchev–Trinajstić information content (AvgIpc) is 2.79. The van der Waals surface area contributed by atoms with Gasteiger partial charge >= 0.3 is 0 Å². The minimum Gasteiger partial charge on any atom is -0.489 e. The lowest BCUT2D eigenvalue weighted by Gasteiger charge is -2.06. The molecule has 0 saturated carbocycles. The number of rotatable bonds is 8. The summed E-state index contributed by atoms with van der Waals surface area (Å²) in [6.07, 6.45) is 1.96. The summed E-state index contributed by atoms with van der Waals surface area (Å²) in [5, 5.41) is 6.72. The highest BCUT2D eigenvalue weighted by molar-refractivity contribution is 5.96. The Labute approximate surface area is 175 Å². The fourth-order valence-corrected chi connectivity index (χ4v) is 2.58. The fraction of sp³-hybridized carbons (Fsp3) is 0.125. The predicted molar refractivity (Wildman–Crippen MR) is 118 cm³/mol. The number of ether oxygens (including phenoxy) is 1. The molecule has 6 heteroatoms. The summed E-state index contributed by atoms with van der Waals surface area (Å²) in [7, 11) is 0. The number of carbonyl (C=O) groups is 2. The summed E-state index contributed by atoms with van der Waals surface area (Å²) < 4.78 is 5.75. The Bertz CT molecular complexity index is 998. The van der Waals surface area contributed by atoms with Gasteiger partial charge in [-0.15, -0.1) is 0 Å². The summed E-state index contributed by atoms with van der Waals surface area (Å²) in [6, 6.07) is 24.0. The number of hydrogen-bond donors (Lipinski definition) is 2. The number of nitrogens with one attached hydrogen (secondary N) is 2. The minimum atomic E-state index is -0.331. The topological polar surface area (TPSA) is 79.8 Å². The van der Waals surface area contributed by atoms with Crippen molar-refractivity contribution >= 4 is 23.7 Å². The summed E-state index contributed by atoms with van der Waals surface area (Å²) in [4.78, 5) is 23.5. The Hall–Kier alpha value is -3.93. The van der Waals surface area contributed by atoms with Crippen molar-refractivity contribution in [2.75, 3.05) is 5.32 Å². The number of anilines is 1. The fourth-order valence-electron chi connectivity index (χ4n) is 2.58. The minimum absolute atomic E-state index is 0.0757. The zero-order valence-electron chi connectivity index (χ0n) is 16.7. The van der Waals surface area contributed by atoms with E-state index in [-0.39, 0.29) is 11.8 Å². The Balaban J connectivity index is 1.48. The molecule has 2 N–H and O–H groups in total. The maximum Gasteiger partial charge on any atom is 0.271 e. The van der Waals surface area contributed by atoms with Crippen molar-refractivity contribution in [2.24, 2.45) is 5.10 Å². The molecule has 0 fully saturated rings. The maximum absolute atomic E-state index is 12.2. The molecule has 3 rings (SSSR count). The molecule has 3 aromatic carbocycles. The first-order valence-electron chi connectivity index (χ1n) is 9.64. The van der Waals surface area contributed by atoms with Crippen LogP contribution in [0.5, 0.6) is 5.75 Å². The highest BCUT2D eigenvalue weighted by Crippen LogP contribution is 2.14. The van der Waals surface area contributed by atoms with E-state index in [9.17, 15) is 9.59 Å². The van der Waals surface area contributed by atoms with E-state index in [4.69, 9.17) is 4.74 Å². The van der Waals surface area contributed by atoms with Gasteiger partial charge in [-0.25, -0.2) is 5.43 Å². The van der Waals surface area contributed by atoms with Crippen LogP contribution in [-0.2, 0) is 11.4 Å². The van der Waals surface area contributed by atoms with Crippen LogP contribution < -0.4 is 15.5 Å². The second kappa shape index (κ2) is 10.6. The van der Waals surface area contributed by atoms with Crippen LogP contribution >= 0.6 is 0 Å². The Morgan fingerprint density at radius 2 is 1.63 bits per heavy atom. The van der Waals surface area contributed by atoms with Gasteiger partial charge in [-0.3, -0.25) is 9.59 Å². The van der Waals surface area contributed by atoms with Crippen LogP contribution in [0.2, 0.25) is 0 Å². The average molecular weight is 401 g/mol. The molecule has 0 radical (unpaired) electrons. The first kappa shape index (κ1) is 20.8. The molecule has 0 aliphatic rings. The molecule has 0 saturated heterocycles. The second-order valence-electron chi connectivity index (χ2n) is 6.52. The number of hydrazone groups is 1. The van der Waals surface area contributed by atoms with Gasteiger partial charge in [-0.2, -0.15) is 5.10 Å². The molecular weight excluding hydrogens is 378 g/mol. The van der Waals surface area contributed by atoms with Gasteiger partial charge < -0.3 is 10.1 Å². The molecule has 30 heavy (non-hydrogen) atoms. The highest BCUT2D eigenvalue weighted by Gasteiger charge is 2.05. The van der Waals surface area contributed by atoms with E-state index in [0.717, 1.165) is 16.9 Å². The standard InChI is InChI=1S/C24H23N3O3/c1-2-23(28)26-21-12-10-20(11-13-21)24(29)27-25-16-18-8-14-22(15-9-18)30-17-19-6-4-3-5-7-19/h3-16H,2,17H2,1H3,(H,26,28)(H,27,29)/b25-16+. The molecule has 0 atom stereocenters. The largest absolute Gasteiger partial charge is 0.489 e. The van der Waals surface area contributed by atoms with Gasteiger partial charge in [-0.05, 0) is 59.7 Å². The smallest absolute Gasteiger partial charge is 0.271 e. The van der Waals surface area contributed by atoms with E-state index in [1.54, 1.807) is 37.4 Å². The van der Waals surface area contributed by atoms with Crippen LogP contribution in [0.15, 0.2) is 84.0 Å². The van der Waals surface area contributed by atoms with Crippen LogP contribution in [-0.4, -0.2) is 18.0 Å². The third-order valence-corrected chi connectivity index (χ3v) is 4.26. The molecule has 0 aliphatic heterocycles. The van der Waals surface area contributed by atoms with Crippen LogP contribution in [0.4, 0.5) is 5.69 Å². The normalized spacial score (nSPS) is 10.6. The van der Waals surface area contributed by atoms with Gasteiger partial charge in [-0.1, -0.05) is 37.3 Å². The zero-order chi connectivity index (χ0) is 21.2. The van der Waals surface area contributed by atoms with Crippen LogP contribution in [0, 0.1) is 0 Å². The molecule has 6 nitrogen and oxygen atoms in total. The molecule has 152 valence electrons. The molecule has 2 amide bonds. The molecule has 0 aliphatic carbocycles. The van der Waals surface area contributed by atoms with Crippen molar-refractivity contribution < 1.29 is 14.3 Å². The van der Waals surface area contributed by atoms with E-state index >= 15 is 0 Å². The predicted octanol–water partition coefficient (Wildman–Crippen LogP) is 4.38. The number of carbonyl (C=O) groups excluding carboxylic acids is 2. The van der Waals surface area contributed by atoms with E-state index in [2.05, 4.69) is 15.8 Å². The zero-order valence-corrected chi connectivity index (χ0v) is 16.7. The second-order valence-corrected chi connectivity index (χ2v) is 6.52. The molecule has 0 aromatic heterocycles. The van der Waals surface area contributed by atoms with E-state index in [1.165, 1.54) is 0 Å². The van der Waals surface area contributed by atoms with Crippen molar-refractivity contribution in [3.05, 3.63) is 95.6 Å². The van der Waals surface area contributed by atoms with Crippen LogP contribution in [0.25, 0.3) is 0 Å². The first-order valence-corrected chi connectivity index (χ1v) is 9.64. The molecule has 0 bridgehead atoms. The molecular formula is C24H23N3O3. The Morgan fingerprint density at radius 1 is 0.933 bits per heavy atom. The maximum atomic E-state index is 12.2.